The number of aliphatic hydroxyl groups excluding tert-OH is 1. The predicted octanol–water partition coefficient (Wildman–Crippen LogP) is 3.05. The molecular weight excluding hydrogens is 442 g/mol. The second-order valence-corrected chi connectivity index (χ2v) is 5.77. The first-order valence-electron chi connectivity index (χ1n) is 5.16. The molecule has 0 bridgehead atoms. The molecule has 0 radical (unpaired) electrons. The summed E-state index contributed by atoms with van der Waals surface area (Å²) < 4.78 is 38.4. The molecule has 1 N–H and O–H groups in total. The number of halogens is 5. The molecule has 0 saturated carbocycles. The van der Waals surface area contributed by atoms with Crippen molar-refractivity contribution in [3.05, 3.63) is 31.8 Å². The molecule has 0 aromatic heterocycles. The molecule has 0 aliphatic rings. The minimum atomic E-state index is -4.50. The average Bonchev–Trinajstić information content (AvgIpc) is 2.29. The fourth-order valence-electron chi connectivity index (χ4n) is 1.42. The van der Waals surface area contributed by atoms with Crippen molar-refractivity contribution in [1.82, 2.24) is 4.90 Å². The Morgan fingerprint density at radius 3 is 2.58 bits per heavy atom. The van der Waals surface area contributed by atoms with Gasteiger partial charge in [0.05, 0.1) is 12.2 Å². The third-order valence-electron chi connectivity index (χ3n) is 2.19. The van der Waals surface area contributed by atoms with Crippen molar-refractivity contribution in [3.8, 4) is 0 Å². The second kappa shape index (κ2) is 6.89. The summed E-state index contributed by atoms with van der Waals surface area (Å²) >= 11 is 5.05. The van der Waals surface area contributed by atoms with Crippen LogP contribution < -0.4 is 0 Å². The van der Waals surface area contributed by atoms with Crippen molar-refractivity contribution in [1.29, 1.82) is 0 Å². The minimum Gasteiger partial charge on any atom is -0.395 e. The standard InChI is InChI=1S/C11H10BrF3INO2/c12-7-1-2-9(16)8(5-7)10(19)17(3-4-18)6-11(13,14)15/h1-2,5,18H,3-4,6H2. The molecule has 0 fully saturated rings. The molecule has 3 nitrogen and oxygen atoms in total. The van der Waals surface area contributed by atoms with Crippen molar-refractivity contribution < 1.29 is 23.1 Å². The second-order valence-electron chi connectivity index (χ2n) is 3.69. The Bertz CT molecular complexity index is 468. The third kappa shape index (κ3) is 5.27. The zero-order valence-corrected chi connectivity index (χ0v) is 13.3. The van der Waals surface area contributed by atoms with Crippen LogP contribution >= 0.6 is 38.5 Å². The molecule has 1 rings (SSSR count). The molecule has 8 heteroatoms. The summed E-state index contributed by atoms with van der Waals surface area (Å²) in [5.74, 6) is -0.753. The van der Waals surface area contributed by atoms with Gasteiger partial charge in [-0.2, -0.15) is 13.2 Å². The minimum absolute atomic E-state index is 0.174. The monoisotopic (exact) mass is 451 g/mol. The smallest absolute Gasteiger partial charge is 0.395 e. The first kappa shape index (κ1) is 16.7. The van der Waals surface area contributed by atoms with E-state index in [0.29, 0.717) is 12.9 Å². The highest BCUT2D eigenvalue weighted by Crippen LogP contribution is 2.22. The Morgan fingerprint density at radius 1 is 1.42 bits per heavy atom. The van der Waals surface area contributed by atoms with Crippen LogP contribution in [0.5, 0.6) is 0 Å². The van der Waals surface area contributed by atoms with Crippen molar-refractivity contribution in [2.24, 2.45) is 0 Å². The number of benzene rings is 1. The summed E-state index contributed by atoms with van der Waals surface area (Å²) in [6.45, 7) is -2.26. The fourth-order valence-corrected chi connectivity index (χ4v) is 2.35. The summed E-state index contributed by atoms with van der Waals surface area (Å²) in [6, 6.07) is 4.78. The molecule has 0 atom stereocenters. The summed E-state index contributed by atoms with van der Waals surface area (Å²) in [7, 11) is 0. The number of hydrogen-bond donors (Lipinski definition) is 1. The topological polar surface area (TPSA) is 40.5 Å². The van der Waals surface area contributed by atoms with Crippen molar-refractivity contribution in [3.63, 3.8) is 0 Å². The Morgan fingerprint density at radius 2 is 2.05 bits per heavy atom. The van der Waals surface area contributed by atoms with Gasteiger partial charge < -0.3 is 10.0 Å². The number of rotatable bonds is 4. The predicted molar refractivity (Wildman–Crippen MR) is 75.9 cm³/mol. The molecule has 0 spiro atoms. The number of carbonyl (C=O) groups is 1. The molecule has 0 saturated heterocycles. The van der Waals surface area contributed by atoms with Crippen LogP contribution in [0.2, 0.25) is 0 Å². The van der Waals surface area contributed by atoms with Crippen molar-refractivity contribution >= 4 is 44.4 Å². The lowest BCUT2D eigenvalue weighted by molar-refractivity contribution is -0.141. The number of carbonyl (C=O) groups excluding carboxylic acids is 1. The van der Waals surface area contributed by atoms with Crippen LogP contribution in [-0.4, -0.2) is 41.8 Å². The van der Waals surface area contributed by atoms with Crippen LogP contribution in [-0.2, 0) is 0 Å². The van der Waals surface area contributed by atoms with E-state index in [1.54, 1.807) is 12.1 Å². The van der Waals surface area contributed by atoms with E-state index in [1.165, 1.54) is 6.07 Å². The quantitative estimate of drug-likeness (QED) is 0.715. The molecule has 106 valence electrons. The zero-order valence-electron chi connectivity index (χ0n) is 9.55. The molecule has 1 amide bonds. The Labute approximate surface area is 130 Å². The van der Waals surface area contributed by atoms with Gasteiger partial charge in [0.1, 0.15) is 6.54 Å². The Kier molecular flexibility index (Phi) is 6.06. The number of hydrogen-bond acceptors (Lipinski definition) is 2. The molecule has 19 heavy (non-hydrogen) atoms. The first-order valence-corrected chi connectivity index (χ1v) is 7.03. The van der Waals surface area contributed by atoms with Gasteiger partial charge in [-0.1, -0.05) is 15.9 Å². The van der Waals surface area contributed by atoms with Gasteiger partial charge in [0.2, 0.25) is 0 Å². The Hall–Kier alpha value is -0.350. The maximum atomic E-state index is 12.4. The van der Waals surface area contributed by atoms with Gasteiger partial charge in [-0.3, -0.25) is 4.79 Å². The van der Waals surface area contributed by atoms with E-state index in [4.69, 9.17) is 5.11 Å². The van der Waals surface area contributed by atoms with E-state index < -0.39 is 25.2 Å². The van der Waals surface area contributed by atoms with Gasteiger partial charge in [-0.05, 0) is 40.8 Å². The maximum absolute atomic E-state index is 12.4. The van der Waals surface area contributed by atoms with Gasteiger partial charge >= 0.3 is 6.18 Å². The highest BCUT2D eigenvalue weighted by atomic mass is 127. The van der Waals surface area contributed by atoms with Crippen LogP contribution in [0.25, 0.3) is 0 Å². The highest BCUT2D eigenvalue weighted by molar-refractivity contribution is 14.1. The van der Waals surface area contributed by atoms with Gasteiger partial charge in [0.25, 0.3) is 5.91 Å². The molecule has 0 unspecified atom stereocenters. The van der Waals surface area contributed by atoms with Gasteiger partial charge in [0.15, 0.2) is 0 Å². The van der Waals surface area contributed by atoms with E-state index >= 15 is 0 Å². The molecule has 0 heterocycles. The summed E-state index contributed by atoms with van der Waals surface area (Å²) in [5.41, 5.74) is 0.174. The van der Waals surface area contributed by atoms with Gasteiger partial charge in [-0.25, -0.2) is 0 Å². The SMILES string of the molecule is O=C(c1cc(Br)ccc1I)N(CCO)CC(F)(F)F. The highest BCUT2D eigenvalue weighted by Gasteiger charge is 2.33. The van der Waals surface area contributed by atoms with E-state index in [1.807, 2.05) is 22.6 Å². The molecular formula is C11H10BrF3INO2. The molecule has 1 aromatic carbocycles. The summed E-state index contributed by atoms with van der Waals surface area (Å²) in [5, 5.41) is 8.78. The Balaban J connectivity index is 3.02. The van der Waals surface area contributed by atoms with Crippen LogP contribution in [0.1, 0.15) is 10.4 Å². The zero-order chi connectivity index (χ0) is 14.6. The van der Waals surface area contributed by atoms with Crippen molar-refractivity contribution in [2.45, 2.75) is 6.18 Å². The lowest BCUT2D eigenvalue weighted by Crippen LogP contribution is -2.41. The van der Waals surface area contributed by atoms with E-state index in [0.717, 1.165) is 0 Å². The largest absolute Gasteiger partial charge is 0.406 e. The average molecular weight is 452 g/mol. The number of nitrogens with zero attached hydrogens (tertiary/aromatic N) is 1. The molecule has 0 aliphatic heterocycles. The van der Waals surface area contributed by atoms with E-state index in [-0.39, 0.29) is 12.1 Å². The number of amides is 1. The maximum Gasteiger partial charge on any atom is 0.406 e. The van der Waals surface area contributed by atoms with Crippen LogP contribution in [0, 0.1) is 3.57 Å². The lowest BCUT2D eigenvalue weighted by atomic mass is 10.2. The first-order chi connectivity index (χ1) is 8.74. The normalized spacial score (nSPS) is 11.5. The fraction of sp³-hybridized carbons (Fsp3) is 0.364. The number of aliphatic hydroxyl groups is 1. The van der Waals surface area contributed by atoms with Gasteiger partial charge in [-0.15, -0.1) is 0 Å². The summed E-state index contributed by atoms with van der Waals surface area (Å²) in [6.07, 6.45) is -4.50. The summed E-state index contributed by atoms with van der Waals surface area (Å²) in [4.78, 5) is 12.7. The molecule has 1 aromatic rings. The van der Waals surface area contributed by atoms with E-state index in [2.05, 4.69) is 15.9 Å². The lowest BCUT2D eigenvalue weighted by Gasteiger charge is -2.23. The van der Waals surface area contributed by atoms with Crippen LogP contribution in [0.15, 0.2) is 22.7 Å². The van der Waals surface area contributed by atoms with E-state index in [9.17, 15) is 18.0 Å². The van der Waals surface area contributed by atoms with Gasteiger partial charge in [0, 0.05) is 14.6 Å². The van der Waals surface area contributed by atoms with Crippen LogP contribution in [0.4, 0.5) is 13.2 Å². The number of alkyl halides is 3. The molecule has 0 aliphatic carbocycles. The van der Waals surface area contributed by atoms with Crippen molar-refractivity contribution in [2.75, 3.05) is 19.7 Å². The van der Waals surface area contributed by atoms with Crippen LogP contribution in [0.3, 0.4) is 0 Å². The third-order valence-corrected chi connectivity index (χ3v) is 3.62.